The van der Waals surface area contributed by atoms with Gasteiger partial charge in [0.05, 0.1) is 16.1 Å². The van der Waals surface area contributed by atoms with Gasteiger partial charge in [0, 0.05) is 35.8 Å². The maximum absolute atomic E-state index is 15.2. The van der Waals surface area contributed by atoms with Crippen LogP contribution in [0.5, 0.6) is 0 Å². The minimum Gasteiger partial charge on any atom is -0.480 e. The Morgan fingerprint density at radius 2 is 1.40 bits per heavy atom. The third kappa shape index (κ3) is 9.86. The number of hydrogen-bond donors (Lipinski definition) is 5. The van der Waals surface area contributed by atoms with Crippen LogP contribution in [-0.2, 0) is 21.2 Å². The van der Waals surface area contributed by atoms with Crippen LogP contribution in [0.15, 0.2) is 139 Å². The number of nitrogens with one attached hydrogen (secondary N) is 2. The number of carboxylic acid groups (broad SMARTS) is 1. The molecule has 16 heteroatoms. The molecule has 5 N–H and O–H groups in total. The van der Waals surface area contributed by atoms with Crippen LogP contribution >= 0.6 is 0 Å². The van der Waals surface area contributed by atoms with Gasteiger partial charge in [0.25, 0.3) is 15.9 Å². The number of benzene rings is 5. The van der Waals surface area contributed by atoms with E-state index in [9.17, 15) is 27.5 Å². The van der Waals surface area contributed by atoms with E-state index in [4.69, 9.17) is 10.0 Å². The number of carboxylic acids is 1. The summed E-state index contributed by atoms with van der Waals surface area (Å²) in [5.74, 6) is -6.34. The van der Waals surface area contributed by atoms with Gasteiger partial charge in [-0.25, -0.2) is 27.0 Å². The monoisotopic (exact) mass is 832 g/mol. The molecule has 0 radical (unpaired) electrons. The number of aryl methyl sites for hydroxylation is 2. The Balaban J connectivity index is 0.000000529. The molecule has 1 atom stereocenters. The van der Waals surface area contributed by atoms with Gasteiger partial charge in [-0.15, -0.1) is 0 Å². The SMILES string of the molecule is Cc1ccccc1-c1ccc(C[C@H](NC(=O)c2c(F)cc(NS(=O)(=O)c3ccc(-c4ccnc(F)c4)cc3)cc2F)C(=O)O)c2cccnc12.Cc1ccccc1B(O)O. The summed E-state index contributed by atoms with van der Waals surface area (Å²) in [6.45, 7) is 3.80. The third-order valence-electron chi connectivity index (χ3n) is 9.54. The number of aromatic nitrogens is 2. The molecule has 2 aromatic heterocycles. The zero-order chi connectivity index (χ0) is 43.1. The first kappa shape index (κ1) is 42.7. The first-order valence-corrected chi connectivity index (χ1v) is 19.7. The van der Waals surface area contributed by atoms with E-state index in [0.29, 0.717) is 45.2 Å². The minimum absolute atomic E-state index is 0.229. The zero-order valence-corrected chi connectivity index (χ0v) is 32.8. The van der Waals surface area contributed by atoms with Gasteiger partial charge in [-0.2, -0.15) is 4.39 Å². The van der Waals surface area contributed by atoms with Gasteiger partial charge in [0.2, 0.25) is 5.95 Å². The fourth-order valence-electron chi connectivity index (χ4n) is 6.50. The van der Waals surface area contributed by atoms with Crippen molar-refractivity contribution in [2.75, 3.05) is 4.72 Å². The minimum atomic E-state index is -4.35. The van der Waals surface area contributed by atoms with Crippen LogP contribution < -0.4 is 15.5 Å². The molecular weight excluding hydrogens is 796 g/mol. The number of sulfonamides is 1. The Labute approximate surface area is 343 Å². The summed E-state index contributed by atoms with van der Waals surface area (Å²) in [6.07, 6.45) is 2.65. The lowest BCUT2D eigenvalue weighted by Gasteiger charge is -2.18. The molecule has 0 spiro atoms. The van der Waals surface area contributed by atoms with Crippen molar-refractivity contribution in [2.45, 2.75) is 31.2 Å². The van der Waals surface area contributed by atoms with Crippen molar-refractivity contribution in [2.24, 2.45) is 0 Å². The van der Waals surface area contributed by atoms with E-state index in [2.05, 4.69) is 20.0 Å². The molecule has 0 unspecified atom stereocenters. The summed E-state index contributed by atoms with van der Waals surface area (Å²) in [5.41, 5.74) is 4.76. The van der Waals surface area contributed by atoms with Crippen LogP contribution in [0.3, 0.4) is 0 Å². The van der Waals surface area contributed by atoms with Crippen molar-refractivity contribution < 1.29 is 46.3 Å². The number of fused-ring (bicyclic) bond motifs is 1. The molecule has 2 heterocycles. The molecule has 0 aliphatic carbocycles. The van der Waals surface area contributed by atoms with Crippen LogP contribution in [0, 0.1) is 31.4 Å². The molecule has 0 bridgehead atoms. The molecule has 0 aliphatic heterocycles. The Morgan fingerprint density at radius 1 is 0.733 bits per heavy atom. The number of aliphatic carboxylic acids is 1. The maximum atomic E-state index is 15.2. The molecule has 60 heavy (non-hydrogen) atoms. The van der Waals surface area contributed by atoms with Crippen molar-refractivity contribution >= 4 is 51.1 Å². The van der Waals surface area contributed by atoms with Gasteiger partial charge in [0.1, 0.15) is 23.2 Å². The van der Waals surface area contributed by atoms with Crippen LogP contribution in [-0.4, -0.2) is 58.6 Å². The van der Waals surface area contributed by atoms with Gasteiger partial charge < -0.3 is 20.5 Å². The topological polar surface area (TPSA) is 179 Å². The van der Waals surface area contributed by atoms with Crippen LogP contribution in [0.2, 0.25) is 0 Å². The van der Waals surface area contributed by atoms with Gasteiger partial charge >= 0.3 is 13.1 Å². The van der Waals surface area contributed by atoms with E-state index < -0.39 is 63.9 Å². The molecule has 0 saturated heterocycles. The fraction of sp³-hybridized carbons (Fsp3) is 0.0909. The number of nitrogens with zero attached hydrogens (tertiary/aromatic N) is 2. The van der Waals surface area contributed by atoms with Crippen molar-refractivity contribution in [1.82, 2.24) is 15.3 Å². The number of carbonyl (C=O) groups is 2. The standard InChI is InChI=1S/C37H27F3N4O5S.C7H9BO2/c1-21-5-2-3-6-27(21)29-13-10-24(28-7-4-15-42-35(28)29)17-32(37(46)47)43-36(45)34-30(38)19-25(20-31(34)39)44-50(48,49)26-11-8-22(9-12-26)23-14-16-41-33(40)18-23;1-6-4-2-3-5-7(6)8(9)10/h2-16,18-20,32,44H,17H2,1H3,(H,43,45)(H,46,47);2-5,9-10H,1H3/t32-;/m0./s1. The van der Waals surface area contributed by atoms with Gasteiger partial charge in [-0.05, 0) is 83.5 Å². The van der Waals surface area contributed by atoms with Gasteiger partial charge in [-0.3, -0.25) is 14.5 Å². The Hall–Kier alpha value is -6.88. The lowest BCUT2D eigenvalue weighted by Crippen LogP contribution is -2.43. The highest BCUT2D eigenvalue weighted by Gasteiger charge is 2.27. The number of halogens is 3. The number of pyridine rings is 2. The number of hydrogen-bond acceptors (Lipinski definition) is 8. The van der Waals surface area contributed by atoms with Gasteiger partial charge in [-0.1, -0.05) is 84.4 Å². The molecule has 0 aliphatic rings. The fourth-order valence-corrected chi connectivity index (χ4v) is 7.54. The summed E-state index contributed by atoms with van der Waals surface area (Å²) < 4.78 is 71.9. The molecule has 5 aromatic carbocycles. The average molecular weight is 833 g/mol. The van der Waals surface area contributed by atoms with E-state index in [1.165, 1.54) is 42.6 Å². The molecule has 0 fully saturated rings. The highest BCUT2D eigenvalue weighted by Crippen LogP contribution is 2.32. The predicted octanol–water partition coefficient (Wildman–Crippen LogP) is 6.59. The van der Waals surface area contributed by atoms with E-state index in [1.807, 2.05) is 56.3 Å². The van der Waals surface area contributed by atoms with E-state index >= 15 is 8.78 Å². The molecule has 304 valence electrons. The summed E-state index contributed by atoms with van der Waals surface area (Å²) in [6, 6.07) is 29.6. The number of amides is 1. The largest absolute Gasteiger partial charge is 0.488 e. The average Bonchev–Trinajstić information content (AvgIpc) is 3.21. The normalized spacial score (nSPS) is 11.6. The lowest BCUT2D eigenvalue weighted by atomic mass is 9.77. The molecule has 1 amide bonds. The Bertz CT molecular complexity index is 2810. The summed E-state index contributed by atoms with van der Waals surface area (Å²) in [5, 5.41) is 30.3. The number of carbonyl (C=O) groups excluding carboxylic acids is 1. The second-order valence-electron chi connectivity index (χ2n) is 13.6. The Kier molecular flexibility index (Phi) is 13.1. The van der Waals surface area contributed by atoms with Crippen LogP contribution in [0.4, 0.5) is 18.9 Å². The maximum Gasteiger partial charge on any atom is 0.488 e. The molecular formula is C44H36BF3N4O7S. The van der Waals surface area contributed by atoms with E-state index in [-0.39, 0.29) is 11.3 Å². The molecule has 11 nitrogen and oxygen atoms in total. The summed E-state index contributed by atoms with van der Waals surface area (Å²) in [4.78, 5) is 33.1. The predicted molar refractivity (Wildman–Crippen MR) is 222 cm³/mol. The van der Waals surface area contributed by atoms with Gasteiger partial charge in [0.15, 0.2) is 0 Å². The molecule has 7 rings (SSSR count). The second-order valence-corrected chi connectivity index (χ2v) is 15.3. The summed E-state index contributed by atoms with van der Waals surface area (Å²) in [7, 11) is -5.69. The number of anilines is 1. The molecule has 7 aromatic rings. The first-order valence-electron chi connectivity index (χ1n) is 18.2. The second kappa shape index (κ2) is 18.4. The van der Waals surface area contributed by atoms with Crippen molar-refractivity contribution in [3.05, 3.63) is 174 Å². The Morgan fingerprint density at radius 3 is 2.02 bits per heavy atom. The van der Waals surface area contributed by atoms with E-state index in [1.54, 1.807) is 36.5 Å². The van der Waals surface area contributed by atoms with Crippen LogP contribution in [0.1, 0.15) is 27.0 Å². The van der Waals surface area contributed by atoms with Crippen molar-refractivity contribution in [3.8, 4) is 22.3 Å². The molecule has 0 saturated carbocycles. The quantitative estimate of drug-likeness (QED) is 0.0711. The smallest absolute Gasteiger partial charge is 0.480 e. The third-order valence-corrected chi connectivity index (χ3v) is 10.9. The van der Waals surface area contributed by atoms with Crippen molar-refractivity contribution in [1.29, 1.82) is 0 Å². The highest BCUT2D eigenvalue weighted by molar-refractivity contribution is 7.92. The lowest BCUT2D eigenvalue weighted by molar-refractivity contribution is -0.139. The first-order chi connectivity index (χ1) is 28.6. The van der Waals surface area contributed by atoms with Crippen LogP contribution in [0.25, 0.3) is 33.2 Å². The zero-order valence-electron chi connectivity index (χ0n) is 32.0. The van der Waals surface area contributed by atoms with E-state index in [0.717, 1.165) is 22.3 Å². The highest BCUT2D eigenvalue weighted by atomic mass is 32.2. The number of rotatable bonds is 11. The summed E-state index contributed by atoms with van der Waals surface area (Å²) >= 11 is 0. The van der Waals surface area contributed by atoms with Crippen molar-refractivity contribution in [3.63, 3.8) is 0 Å².